The quantitative estimate of drug-likeness (QED) is 0.469. The third kappa shape index (κ3) is 4.42. The van der Waals surface area contributed by atoms with Gasteiger partial charge < -0.3 is 0 Å². The zero-order valence-electron chi connectivity index (χ0n) is 16.2. The summed E-state index contributed by atoms with van der Waals surface area (Å²) in [6.07, 6.45) is 3.98. The highest BCUT2D eigenvalue weighted by Crippen LogP contribution is 2.26. The minimum Gasteiger partial charge on any atom is -0.299 e. The largest absolute Gasteiger partial charge is 0.299 e. The lowest BCUT2D eigenvalue weighted by Gasteiger charge is -2.12. The second-order valence-corrected chi connectivity index (χ2v) is 8.15. The van der Waals surface area contributed by atoms with Crippen molar-refractivity contribution < 1.29 is 9.18 Å². The summed E-state index contributed by atoms with van der Waals surface area (Å²) in [4.78, 5) is 25.6. The van der Waals surface area contributed by atoms with Gasteiger partial charge in [-0.15, -0.1) is 0 Å². The van der Waals surface area contributed by atoms with Gasteiger partial charge in [-0.3, -0.25) is 14.8 Å². The van der Waals surface area contributed by atoms with Gasteiger partial charge >= 0.3 is 0 Å². The number of nitrogens with zero attached hydrogens (tertiary/aromatic N) is 3. The molecule has 0 saturated heterocycles. The molecule has 7 heteroatoms. The molecule has 30 heavy (non-hydrogen) atoms. The minimum absolute atomic E-state index is 0.0589. The average Bonchev–Trinajstić information content (AvgIpc) is 3.13. The Morgan fingerprint density at radius 3 is 2.77 bits per heavy atom. The number of pyridine rings is 2. The molecule has 0 radical (unpaired) electrons. The van der Waals surface area contributed by atoms with Crippen molar-refractivity contribution in [3.8, 4) is 0 Å². The molecule has 0 saturated carbocycles. The molecule has 4 nitrogen and oxygen atoms in total. The molecule has 4 rings (SSSR count). The van der Waals surface area contributed by atoms with Crippen LogP contribution in [0, 0.1) is 5.82 Å². The van der Waals surface area contributed by atoms with Gasteiger partial charge in [-0.2, -0.15) is 0 Å². The van der Waals surface area contributed by atoms with E-state index in [0.717, 1.165) is 28.0 Å². The molecule has 1 aliphatic rings. The molecular formula is C23H18Cl2FN3O. The van der Waals surface area contributed by atoms with Crippen molar-refractivity contribution in [2.24, 2.45) is 4.99 Å². The summed E-state index contributed by atoms with van der Waals surface area (Å²) in [7, 11) is 0. The van der Waals surface area contributed by atoms with Crippen molar-refractivity contribution in [2.75, 3.05) is 0 Å². The number of carbonyl (C=O) groups excluding carboxylic acids is 1. The summed E-state index contributed by atoms with van der Waals surface area (Å²) in [6.45, 7) is 2.47. The number of aromatic nitrogens is 2. The Morgan fingerprint density at radius 2 is 2.00 bits per heavy atom. The Kier molecular flexibility index (Phi) is 5.93. The molecule has 0 N–H and O–H groups in total. The normalized spacial score (nSPS) is 13.7. The Bertz CT molecular complexity index is 1160. The smallest absolute Gasteiger partial charge is 0.141 e. The van der Waals surface area contributed by atoms with Crippen molar-refractivity contribution in [1.82, 2.24) is 9.97 Å². The number of rotatable bonds is 6. The van der Waals surface area contributed by atoms with Crippen LogP contribution in [0.3, 0.4) is 0 Å². The van der Waals surface area contributed by atoms with E-state index < -0.39 is 5.82 Å². The number of hydrogen-bond donors (Lipinski definition) is 0. The van der Waals surface area contributed by atoms with E-state index in [1.807, 2.05) is 19.1 Å². The first-order valence-electron chi connectivity index (χ1n) is 9.52. The lowest BCUT2D eigenvalue weighted by Crippen LogP contribution is -2.10. The van der Waals surface area contributed by atoms with Crippen LogP contribution in [0.15, 0.2) is 53.8 Å². The highest BCUT2D eigenvalue weighted by atomic mass is 35.5. The van der Waals surface area contributed by atoms with E-state index in [2.05, 4.69) is 15.0 Å². The van der Waals surface area contributed by atoms with Gasteiger partial charge in [0, 0.05) is 42.1 Å². The third-order valence-electron chi connectivity index (χ3n) is 5.13. The first-order chi connectivity index (χ1) is 14.4. The van der Waals surface area contributed by atoms with Crippen LogP contribution in [0.1, 0.15) is 47.2 Å². The number of benzene rings is 1. The zero-order valence-corrected chi connectivity index (χ0v) is 17.7. The lowest BCUT2D eigenvalue weighted by atomic mass is 9.94. The van der Waals surface area contributed by atoms with Crippen LogP contribution in [0.5, 0.6) is 0 Å². The standard InChI is InChI=1S/C23H18Cl2FN3O/c1-13(14-2-3-21(26)20(24)8-14)6-18(30)10-17-7-16-11-29-23(19(16)12-28-17)15-4-5-27-22(25)9-15/h2-5,7-9,12-13H,6,10-11H2,1H3/t13-/m0/s1. The van der Waals surface area contributed by atoms with Crippen LogP contribution < -0.4 is 0 Å². The van der Waals surface area contributed by atoms with Crippen LogP contribution in [0.25, 0.3) is 0 Å². The van der Waals surface area contributed by atoms with Crippen LogP contribution in [0.4, 0.5) is 4.39 Å². The van der Waals surface area contributed by atoms with E-state index in [1.54, 1.807) is 30.6 Å². The van der Waals surface area contributed by atoms with Gasteiger partial charge in [-0.25, -0.2) is 9.37 Å². The molecule has 2 aromatic heterocycles. The van der Waals surface area contributed by atoms with E-state index in [9.17, 15) is 9.18 Å². The Balaban J connectivity index is 1.44. The van der Waals surface area contributed by atoms with Crippen LogP contribution in [0.2, 0.25) is 10.2 Å². The first-order valence-corrected chi connectivity index (χ1v) is 10.3. The summed E-state index contributed by atoms with van der Waals surface area (Å²) in [5.41, 5.74) is 5.27. The van der Waals surface area contributed by atoms with Crippen LogP contribution >= 0.6 is 23.2 Å². The Hall–Kier alpha value is -2.63. The number of fused-ring (bicyclic) bond motifs is 1. The molecule has 3 aromatic rings. The number of Topliss-reactive ketones (excluding diaryl/α,β-unsaturated/α-hetero) is 1. The van der Waals surface area contributed by atoms with Crippen molar-refractivity contribution in [1.29, 1.82) is 0 Å². The topological polar surface area (TPSA) is 55.2 Å². The van der Waals surface area contributed by atoms with Crippen molar-refractivity contribution in [3.05, 3.63) is 92.7 Å². The summed E-state index contributed by atoms with van der Waals surface area (Å²) >= 11 is 11.8. The molecule has 0 fully saturated rings. The second kappa shape index (κ2) is 8.62. The summed E-state index contributed by atoms with van der Waals surface area (Å²) < 4.78 is 13.4. The minimum atomic E-state index is -0.461. The average molecular weight is 442 g/mol. The van der Waals surface area contributed by atoms with Gasteiger partial charge in [0.25, 0.3) is 0 Å². The van der Waals surface area contributed by atoms with Crippen molar-refractivity contribution in [2.45, 2.75) is 32.2 Å². The molecule has 0 unspecified atom stereocenters. The van der Waals surface area contributed by atoms with E-state index in [1.165, 1.54) is 6.07 Å². The fraction of sp³-hybridized carbons (Fsp3) is 0.217. The van der Waals surface area contributed by atoms with Crippen molar-refractivity contribution >= 4 is 34.7 Å². The van der Waals surface area contributed by atoms with Gasteiger partial charge in [-0.05, 0) is 47.4 Å². The maximum Gasteiger partial charge on any atom is 0.141 e. The van der Waals surface area contributed by atoms with E-state index in [-0.39, 0.29) is 23.1 Å². The summed E-state index contributed by atoms with van der Waals surface area (Å²) in [5, 5.41) is 0.480. The van der Waals surface area contributed by atoms with Gasteiger partial charge in [0.15, 0.2) is 0 Å². The van der Waals surface area contributed by atoms with Crippen molar-refractivity contribution in [3.63, 3.8) is 0 Å². The zero-order chi connectivity index (χ0) is 21.3. The first kappa shape index (κ1) is 20.6. The Labute approximate surface area is 183 Å². The lowest BCUT2D eigenvalue weighted by molar-refractivity contribution is -0.118. The number of ketones is 1. The van der Waals surface area contributed by atoms with Gasteiger partial charge in [0.05, 0.1) is 17.3 Å². The molecule has 1 atom stereocenters. The molecule has 3 heterocycles. The van der Waals surface area contributed by atoms with Gasteiger partial charge in [-0.1, -0.05) is 36.2 Å². The number of aliphatic imine (C=N–C) groups is 1. The van der Waals surface area contributed by atoms with E-state index in [4.69, 9.17) is 23.2 Å². The predicted molar refractivity (Wildman–Crippen MR) is 116 cm³/mol. The molecule has 0 spiro atoms. The van der Waals surface area contributed by atoms with Crippen LogP contribution in [-0.4, -0.2) is 21.5 Å². The van der Waals surface area contributed by atoms with Gasteiger partial charge in [0.1, 0.15) is 16.8 Å². The molecular weight excluding hydrogens is 424 g/mol. The summed E-state index contributed by atoms with van der Waals surface area (Å²) in [5.74, 6) is -0.455. The maximum atomic E-state index is 13.4. The molecule has 152 valence electrons. The van der Waals surface area contributed by atoms with Gasteiger partial charge in [0.2, 0.25) is 0 Å². The molecule has 0 amide bonds. The monoisotopic (exact) mass is 441 g/mol. The highest BCUT2D eigenvalue weighted by molar-refractivity contribution is 6.31. The summed E-state index contributed by atoms with van der Waals surface area (Å²) in [6, 6.07) is 10.1. The molecule has 0 bridgehead atoms. The molecule has 0 aliphatic carbocycles. The maximum absolute atomic E-state index is 13.4. The number of carbonyl (C=O) groups is 1. The van der Waals surface area contributed by atoms with E-state index in [0.29, 0.717) is 23.8 Å². The molecule has 1 aromatic carbocycles. The fourth-order valence-electron chi connectivity index (χ4n) is 3.59. The Morgan fingerprint density at radius 1 is 1.17 bits per heavy atom. The van der Waals surface area contributed by atoms with Crippen LogP contribution in [-0.2, 0) is 17.8 Å². The third-order valence-corrected chi connectivity index (χ3v) is 5.63. The van der Waals surface area contributed by atoms with E-state index >= 15 is 0 Å². The number of hydrogen-bond acceptors (Lipinski definition) is 4. The highest BCUT2D eigenvalue weighted by Gasteiger charge is 2.20. The predicted octanol–water partition coefficient (Wildman–Crippen LogP) is 5.58. The number of halogens is 3. The SMILES string of the molecule is C[C@@H](CC(=O)Cc1cc2c(cn1)C(c1ccnc(Cl)c1)=NC2)c1ccc(F)c(Cl)c1. The fourth-order valence-corrected chi connectivity index (χ4v) is 3.95. The second-order valence-electron chi connectivity index (χ2n) is 7.36. The molecule has 1 aliphatic heterocycles.